The van der Waals surface area contributed by atoms with Crippen LogP contribution in [0.4, 0.5) is 0 Å². The molecular formula is C24H16N2O2S. The molecule has 0 fully saturated rings. The first-order valence-electron chi connectivity index (χ1n) is 8.98. The Labute approximate surface area is 171 Å². The molecule has 0 bridgehead atoms. The maximum absolute atomic E-state index is 12.4. The largest absolute Gasteiger partial charge is 0.422 e. The van der Waals surface area contributed by atoms with Gasteiger partial charge in [-0.05, 0) is 36.3 Å². The Bertz CT molecular complexity index is 1340. The Balaban J connectivity index is 1.69. The zero-order valence-corrected chi connectivity index (χ0v) is 16.4. The minimum atomic E-state index is -0.441. The molecule has 4 nitrogen and oxygen atoms in total. The molecule has 2 heterocycles. The number of rotatable bonds is 4. The number of nitrogens with zero attached hydrogens (tertiary/aromatic N) is 2. The average Bonchev–Trinajstić information content (AvgIpc) is 3.22. The van der Waals surface area contributed by atoms with Gasteiger partial charge in [0.15, 0.2) is 0 Å². The molecule has 0 aliphatic rings. The van der Waals surface area contributed by atoms with Crippen molar-refractivity contribution in [2.45, 2.75) is 6.92 Å². The molecule has 0 atom stereocenters. The fourth-order valence-electron chi connectivity index (χ4n) is 2.98. The van der Waals surface area contributed by atoms with Crippen molar-refractivity contribution in [2.24, 2.45) is 0 Å². The van der Waals surface area contributed by atoms with Crippen molar-refractivity contribution in [3.8, 4) is 17.3 Å². The molecule has 0 spiro atoms. The zero-order chi connectivity index (χ0) is 20.2. The summed E-state index contributed by atoms with van der Waals surface area (Å²) < 4.78 is 5.39. The van der Waals surface area contributed by atoms with Gasteiger partial charge in [-0.25, -0.2) is 9.78 Å². The minimum absolute atomic E-state index is 0.389. The summed E-state index contributed by atoms with van der Waals surface area (Å²) in [5.41, 5.74) is 3.45. The van der Waals surface area contributed by atoms with E-state index in [1.54, 1.807) is 23.6 Å². The number of fused-ring (bicyclic) bond motifs is 1. The lowest BCUT2D eigenvalue weighted by Crippen LogP contribution is -2.02. The van der Waals surface area contributed by atoms with Crippen LogP contribution < -0.4 is 5.63 Å². The van der Waals surface area contributed by atoms with Crippen LogP contribution in [-0.2, 0) is 0 Å². The summed E-state index contributed by atoms with van der Waals surface area (Å²) in [6.45, 7) is 1.94. The van der Waals surface area contributed by atoms with E-state index in [1.807, 2.05) is 61.5 Å². The summed E-state index contributed by atoms with van der Waals surface area (Å²) in [7, 11) is 0. The number of hydrogen-bond acceptors (Lipinski definition) is 5. The van der Waals surface area contributed by atoms with Crippen LogP contribution in [0.3, 0.4) is 0 Å². The van der Waals surface area contributed by atoms with Gasteiger partial charge < -0.3 is 4.42 Å². The predicted octanol–water partition coefficient (Wildman–Crippen LogP) is 5.93. The molecule has 0 amide bonds. The van der Waals surface area contributed by atoms with Gasteiger partial charge in [-0.1, -0.05) is 54.6 Å². The van der Waals surface area contributed by atoms with E-state index in [0.29, 0.717) is 27.4 Å². The molecule has 5 heteroatoms. The monoisotopic (exact) mass is 396 g/mol. The van der Waals surface area contributed by atoms with E-state index < -0.39 is 5.63 Å². The van der Waals surface area contributed by atoms with Gasteiger partial charge >= 0.3 is 5.63 Å². The molecule has 0 aliphatic carbocycles. The third-order valence-corrected chi connectivity index (χ3v) is 5.21. The summed E-state index contributed by atoms with van der Waals surface area (Å²) in [6, 6.07) is 21.2. The summed E-state index contributed by atoms with van der Waals surface area (Å²) in [6.07, 6.45) is 3.81. The van der Waals surface area contributed by atoms with Gasteiger partial charge in [0.1, 0.15) is 16.7 Å². The zero-order valence-electron chi connectivity index (χ0n) is 15.6. The number of nitriles is 1. The molecule has 0 N–H and O–H groups in total. The van der Waals surface area contributed by atoms with Crippen molar-refractivity contribution in [2.75, 3.05) is 0 Å². The SMILES string of the molecule is CC(=C\c1ccccc1)/C=C(\C#N)c1nc(-c2cc3ccccc3oc2=O)cs1. The maximum atomic E-state index is 12.4. The molecule has 2 aromatic carbocycles. The Morgan fingerprint density at radius 3 is 2.69 bits per heavy atom. The van der Waals surface area contributed by atoms with Gasteiger partial charge in [0.2, 0.25) is 0 Å². The summed E-state index contributed by atoms with van der Waals surface area (Å²) >= 11 is 1.33. The lowest BCUT2D eigenvalue weighted by atomic mass is 10.1. The number of benzene rings is 2. The highest BCUT2D eigenvalue weighted by atomic mass is 32.1. The standard InChI is InChI=1S/C24H16N2O2S/c1-16(11-17-7-3-2-4-8-17)12-19(14-25)23-26-21(15-29-23)20-13-18-9-5-6-10-22(18)28-24(20)27/h2-13,15H,1H3/b16-11+,19-12+. The number of hydrogen-bond donors (Lipinski definition) is 0. The van der Waals surface area contributed by atoms with Gasteiger partial charge in [0.25, 0.3) is 0 Å². The van der Waals surface area contributed by atoms with Crippen LogP contribution in [0, 0.1) is 11.3 Å². The number of para-hydroxylation sites is 1. The second-order valence-corrected chi connectivity index (χ2v) is 7.35. The first-order chi connectivity index (χ1) is 14.1. The normalized spacial score (nSPS) is 12.1. The quantitative estimate of drug-likeness (QED) is 0.244. The van der Waals surface area contributed by atoms with Crippen molar-refractivity contribution in [1.82, 2.24) is 4.98 Å². The maximum Gasteiger partial charge on any atom is 0.345 e. The molecule has 0 saturated heterocycles. The van der Waals surface area contributed by atoms with Crippen LogP contribution in [-0.4, -0.2) is 4.98 Å². The summed E-state index contributed by atoms with van der Waals surface area (Å²) in [5, 5.41) is 12.8. The molecule has 0 aliphatic heterocycles. The third kappa shape index (κ3) is 4.08. The van der Waals surface area contributed by atoms with E-state index in [-0.39, 0.29) is 0 Å². The fraction of sp³-hybridized carbons (Fsp3) is 0.0417. The van der Waals surface area contributed by atoms with E-state index >= 15 is 0 Å². The van der Waals surface area contributed by atoms with Gasteiger partial charge in [-0.15, -0.1) is 11.3 Å². The van der Waals surface area contributed by atoms with E-state index in [1.165, 1.54) is 11.3 Å². The van der Waals surface area contributed by atoms with Gasteiger partial charge in [-0.2, -0.15) is 5.26 Å². The second kappa shape index (κ2) is 8.09. The second-order valence-electron chi connectivity index (χ2n) is 6.49. The Morgan fingerprint density at radius 2 is 1.90 bits per heavy atom. The molecule has 29 heavy (non-hydrogen) atoms. The lowest BCUT2D eigenvalue weighted by Gasteiger charge is -1.99. The Morgan fingerprint density at radius 1 is 1.14 bits per heavy atom. The topological polar surface area (TPSA) is 66.9 Å². The minimum Gasteiger partial charge on any atom is -0.422 e. The number of aromatic nitrogens is 1. The van der Waals surface area contributed by atoms with Gasteiger partial charge in [0.05, 0.1) is 16.8 Å². The van der Waals surface area contributed by atoms with Crippen LogP contribution in [0.1, 0.15) is 17.5 Å². The average molecular weight is 396 g/mol. The summed E-state index contributed by atoms with van der Waals surface area (Å²) in [4.78, 5) is 16.9. The van der Waals surface area contributed by atoms with Crippen LogP contribution in [0.5, 0.6) is 0 Å². The smallest absolute Gasteiger partial charge is 0.345 e. The highest BCUT2D eigenvalue weighted by molar-refractivity contribution is 7.11. The van der Waals surface area contributed by atoms with Crippen LogP contribution in [0.2, 0.25) is 0 Å². The molecule has 0 unspecified atom stereocenters. The predicted molar refractivity (Wildman–Crippen MR) is 117 cm³/mol. The van der Waals surface area contributed by atoms with Gasteiger partial charge in [0, 0.05) is 10.8 Å². The lowest BCUT2D eigenvalue weighted by molar-refractivity contribution is 0.563. The number of allylic oxidation sites excluding steroid dienone is 3. The molecule has 0 saturated carbocycles. The van der Waals surface area contributed by atoms with Crippen molar-refractivity contribution < 1.29 is 4.42 Å². The van der Waals surface area contributed by atoms with Crippen molar-refractivity contribution in [1.29, 1.82) is 5.26 Å². The molecule has 0 radical (unpaired) electrons. The van der Waals surface area contributed by atoms with E-state index in [2.05, 4.69) is 11.1 Å². The van der Waals surface area contributed by atoms with E-state index in [9.17, 15) is 10.1 Å². The van der Waals surface area contributed by atoms with Gasteiger partial charge in [-0.3, -0.25) is 0 Å². The highest BCUT2D eigenvalue weighted by Gasteiger charge is 2.13. The molecule has 2 aromatic heterocycles. The van der Waals surface area contributed by atoms with Crippen LogP contribution in [0.25, 0.3) is 33.9 Å². The van der Waals surface area contributed by atoms with Crippen molar-refractivity contribution in [3.63, 3.8) is 0 Å². The molecule has 4 rings (SSSR count). The highest BCUT2D eigenvalue weighted by Crippen LogP contribution is 2.27. The van der Waals surface area contributed by atoms with E-state index in [4.69, 9.17) is 4.42 Å². The first kappa shape index (κ1) is 18.6. The fourth-order valence-corrected chi connectivity index (χ4v) is 3.77. The van der Waals surface area contributed by atoms with Crippen molar-refractivity contribution in [3.05, 3.63) is 98.7 Å². The summed E-state index contributed by atoms with van der Waals surface area (Å²) in [5.74, 6) is 0. The third-order valence-electron chi connectivity index (χ3n) is 4.34. The van der Waals surface area contributed by atoms with Crippen molar-refractivity contribution >= 4 is 34.0 Å². The van der Waals surface area contributed by atoms with Crippen LogP contribution in [0.15, 0.2) is 86.9 Å². The Kier molecular flexibility index (Phi) is 5.19. The molecular weight excluding hydrogens is 380 g/mol. The Hall–Kier alpha value is -3.75. The van der Waals surface area contributed by atoms with E-state index in [0.717, 1.165) is 16.5 Å². The van der Waals surface area contributed by atoms with Crippen LogP contribution >= 0.6 is 11.3 Å². The number of thiazole rings is 1. The molecule has 140 valence electrons. The molecule has 4 aromatic rings. The first-order valence-corrected chi connectivity index (χ1v) is 9.86.